The number of nitrogens with zero attached hydrogens (tertiary/aromatic N) is 2. The van der Waals surface area contributed by atoms with Gasteiger partial charge in [-0.1, -0.05) is 41.5 Å². The van der Waals surface area contributed by atoms with Crippen LogP contribution in [0, 0.1) is 13.8 Å². The number of hydrogen-bond donors (Lipinski definition) is 2. The summed E-state index contributed by atoms with van der Waals surface area (Å²) >= 11 is 0. The van der Waals surface area contributed by atoms with Gasteiger partial charge in [-0.05, 0) is 56.3 Å². The van der Waals surface area contributed by atoms with Crippen LogP contribution in [0.1, 0.15) is 21.5 Å². The summed E-state index contributed by atoms with van der Waals surface area (Å²) in [6.45, 7) is 4.06. The molecule has 0 saturated heterocycles. The van der Waals surface area contributed by atoms with Crippen molar-refractivity contribution < 1.29 is 4.79 Å². The molecule has 5 nitrogen and oxygen atoms in total. The van der Waals surface area contributed by atoms with Gasteiger partial charge >= 0.3 is 0 Å². The van der Waals surface area contributed by atoms with Gasteiger partial charge in [0, 0.05) is 22.9 Å². The summed E-state index contributed by atoms with van der Waals surface area (Å²) in [6.07, 6.45) is 0. The van der Waals surface area contributed by atoms with E-state index in [1.165, 1.54) is 5.56 Å². The van der Waals surface area contributed by atoms with E-state index in [9.17, 15) is 4.79 Å². The highest BCUT2D eigenvalue weighted by Gasteiger charge is 2.11. The number of carbonyl (C=O) groups excluding carboxylic acids is 1. The number of nitrogens with two attached hydrogens (primary N) is 1. The Morgan fingerprint density at radius 3 is 2.31 bits per heavy atom. The standard InChI is InChI=1S/C24H22N4O/c1-16-6-10-20(11-7-16)26-24(29)18-8-12-21(13-9-18)28-23(25)15-22(27-28)19-5-3-4-17(2)14-19/h3-15H,25H2,1-2H3,(H,26,29). The molecule has 144 valence electrons. The number of benzene rings is 3. The van der Waals surface area contributed by atoms with E-state index < -0.39 is 0 Å². The largest absolute Gasteiger partial charge is 0.384 e. The molecule has 0 atom stereocenters. The first kappa shape index (κ1) is 18.5. The van der Waals surface area contributed by atoms with Crippen LogP contribution >= 0.6 is 0 Å². The molecule has 0 aliphatic carbocycles. The molecule has 3 N–H and O–H groups in total. The lowest BCUT2D eigenvalue weighted by atomic mass is 10.1. The van der Waals surface area contributed by atoms with Crippen LogP contribution in [0.4, 0.5) is 11.5 Å². The molecule has 29 heavy (non-hydrogen) atoms. The fourth-order valence-corrected chi connectivity index (χ4v) is 3.14. The van der Waals surface area contributed by atoms with Crippen LogP contribution in [0.2, 0.25) is 0 Å². The van der Waals surface area contributed by atoms with Crippen LogP contribution in [0.15, 0.2) is 78.9 Å². The second-order valence-electron chi connectivity index (χ2n) is 7.10. The van der Waals surface area contributed by atoms with Gasteiger partial charge < -0.3 is 11.1 Å². The lowest BCUT2D eigenvalue weighted by Crippen LogP contribution is -2.12. The van der Waals surface area contributed by atoms with Crippen LogP contribution < -0.4 is 11.1 Å². The molecule has 0 aliphatic heterocycles. The molecule has 5 heteroatoms. The molecule has 0 radical (unpaired) electrons. The van der Waals surface area contributed by atoms with E-state index in [1.807, 2.05) is 74.5 Å². The molecule has 0 spiro atoms. The van der Waals surface area contributed by atoms with Crippen LogP contribution in [-0.2, 0) is 0 Å². The Labute approximate surface area is 169 Å². The first-order valence-corrected chi connectivity index (χ1v) is 9.41. The van der Waals surface area contributed by atoms with Crippen LogP contribution in [0.25, 0.3) is 16.9 Å². The molecule has 4 rings (SSSR count). The molecule has 1 aromatic heterocycles. The van der Waals surface area contributed by atoms with Gasteiger partial charge in [-0.15, -0.1) is 0 Å². The number of carbonyl (C=O) groups is 1. The van der Waals surface area contributed by atoms with Crippen molar-refractivity contribution in [3.63, 3.8) is 0 Å². The monoisotopic (exact) mass is 382 g/mol. The minimum atomic E-state index is -0.158. The summed E-state index contributed by atoms with van der Waals surface area (Å²) < 4.78 is 1.68. The zero-order valence-electron chi connectivity index (χ0n) is 16.4. The topological polar surface area (TPSA) is 72.9 Å². The minimum Gasteiger partial charge on any atom is -0.384 e. The quantitative estimate of drug-likeness (QED) is 0.522. The maximum atomic E-state index is 12.5. The van der Waals surface area contributed by atoms with Gasteiger partial charge in [0.25, 0.3) is 5.91 Å². The summed E-state index contributed by atoms with van der Waals surface area (Å²) in [5.41, 5.74) is 12.5. The van der Waals surface area contributed by atoms with Crippen molar-refractivity contribution in [2.45, 2.75) is 13.8 Å². The lowest BCUT2D eigenvalue weighted by molar-refractivity contribution is 0.102. The Kier molecular flexibility index (Phi) is 4.87. The second-order valence-corrected chi connectivity index (χ2v) is 7.10. The number of anilines is 2. The van der Waals surface area contributed by atoms with Crippen molar-refractivity contribution in [1.82, 2.24) is 9.78 Å². The van der Waals surface area contributed by atoms with Crippen molar-refractivity contribution >= 4 is 17.4 Å². The van der Waals surface area contributed by atoms with Crippen molar-refractivity contribution in [2.24, 2.45) is 0 Å². The van der Waals surface area contributed by atoms with Crippen molar-refractivity contribution in [3.8, 4) is 16.9 Å². The van der Waals surface area contributed by atoms with Crippen LogP contribution in [0.3, 0.4) is 0 Å². The Bertz CT molecular complexity index is 1160. The average molecular weight is 382 g/mol. The predicted octanol–water partition coefficient (Wildman–Crippen LogP) is 4.99. The molecule has 3 aromatic carbocycles. The summed E-state index contributed by atoms with van der Waals surface area (Å²) in [4.78, 5) is 12.5. The van der Waals surface area contributed by atoms with Crippen LogP contribution in [0.5, 0.6) is 0 Å². The van der Waals surface area contributed by atoms with Crippen molar-refractivity contribution in [2.75, 3.05) is 11.1 Å². The lowest BCUT2D eigenvalue weighted by Gasteiger charge is -2.08. The minimum absolute atomic E-state index is 0.158. The van der Waals surface area contributed by atoms with E-state index in [-0.39, 0.29) is 5.91 Å². The Morgan fingerprint density at radius 2 is 1.62 bits per heavy atom. The van der Waals surface area contributed by atoms with Crippen molar-refractivity contribution in [3.05, 3.63) is 95.6 Å². The van der Waals surface area contributed by atoms with E-state index in [2.05, 4.69) is 16.5 Å². The van der Waals surface area contributed by atoms with Crippen LogP contribution in [-0.4, -0.2) is 15.7 Å². The van der Waals surface area contributed by atoms with E-state index in [4.69, 9.17) is 5.73 Å². The number of rotatable bonds is 4. The molecule has 0 unspecified atom stereocenters. The normalized spacial score (nSPS) is 10.7. The molecular formula is C24H22N4O. The van der Waals surface area contributed by atoms with Gasteiger partial charge in [-0.3, -0.25) is 4.79 Å². The summed E-state index contributed by atoms with van der Waals surface area (Å²) in [5, 5.41) is 7.53. The summed E-state index contributed by atoms with van der Waals surface area (Å²) in [6, 6.07) is 24.9. The summed E-state index contributed by atoms with van der Waals surface area (Å²) in [7, 11) is 0. The smallest absolute Gasteiger partial charge is 0.255 e. The zero-order valence-corrected chi connectivity index (χ0v) is 16.4. The van der Waals surface area contributed by atoms with E-state index in [0.29, 0.717) is 11.4 Å². The van der Waals surface area contributed by atoms with Gasteiger partial charge in [0.1, 0.15) is 5.82 Å². The fraction of sp³-hybridized carbons (Fsp3) is 0.0833. The number of aromatic nitrogens is 2. The number of aryl methyl sites for hydroxylation is 2. The van der Waals surface area contributed by atoms with Gasteiger partial charge in [0.2, 0.25) is 0 Å². The van der Waals surface area contributed by atoms with Gasteiger partial charge in [0.15, 0.2) is 0 Å². The van der Waals surface area contributed by atoms with E-state index in [1.54, 1.807) is 16.8 Å². The molecule has 0 fully saturated rings. The molecule has 0 saturated carbocycles. The van der Waals surface area contributed by atoms with Gasteiger partial charge in [-0.25, -0.2) is 4.68 Å². The zero-order chi connectivity index (χ0) is 20.4. The van der Waals surface area contributed by atoms with E-state index >= 15 is 0 Å². The van der Waals surface area contributed by atoms with E-state index in [0.717, 1.165) is 28.2 Å². The molecule has 4 aromatic rings. The van der Waals surface area contributed by atoms with Gasteiger partial charge in [0.05, 0.1) is 11.4 Å². The molecule has 1 amide bonds. The Hall–Kier alpha value is -3.86. The predicted molar refractivity (Wildman–Crippen MR) is 117 cm³/mol. The molecule has 0 bridgehead atoms. The first-order chi connectivity index (χ1) is 14.0. The maximum Gasteiger partial charge on any atom is 0.255 e. The van der Waals surface area contributed by atoms with Crippen molar-refractivity contribution in [1.29, 1.82) is 0 Å². The highest BCUT2D eigenvalue weighted by atomic mass is 16.1. The second kappa shape index (κ2) is 7.64. The Morgan fingerprint density at radius 1 is 0.897 bits per heavy atom. The highest BCUT2D eigenvalue weighted by Crippen LogP contribution is 2.24. The number of hydrogen-bond acceptors (Lipinski definition) is 3. The fourth-order valence-electron chi connectivity index (χ4n) is 3.14. The SMILES string of the molecule is Cc1ccc(NC(=O)c2ccc(-n3nc(-c4cccc(C)c4)cc3N)cc2)cc1. The highest BCUT2D eigenvalue weighted by molar-refractivity contribution is 6.04. The number of nitrogen functional groups attached to an aromatic ring is 1. The summed E-state index contributed by atoms with van der Waals surface area (Å²) in [5.74, 6) is 0.382. The third kappa shape index (κ3) is 4.04. The maximum absolute atomic E-state index is 12.5. The van der Waals surface area contributed by atoms with Gasteiger partial charge in [-0.2, -0.15) is 5.10 Å². The molecule has 1 heterocycles. The number of amides is 1. The third-order valence-electron chi connectivity index (χ3n) is 4.73. The average Bonchev–Trinajstić information content (AvgIpc) is 3.11. The molecular weight excluding hydrogens is 360 g/mol. The number of nitrogens with one attached hydrogen (secondary N) is 1. The molecule has 0 aliphatic rings. The first-order valence-electron chi connectivity index (χ1n) is 9.41. The Balaban J connectivity index is 1.55. The third-order valence-corrected chi connectivity index (χ3v) is 4.73.